The fourth-order valence-corrected chi connectivity index (χ4v) is 4.16. The van der Waals surface area contributed by atoms with E-state index in [9.17, 15) is 4.79 Å². The van der Waals surface area contributed by atoms with Gasteiger partial charge in [0.2, 0.25) is 5.91 Å². The molecule has 0 saturated carbocycles. The molecule has 124 valence electrons. The average Bonchev–Trinajstić information content (AvgIpc) is 2.98. The van der Waals surface area contributed by atoms with Gasteiger partial charge in [0, 0.05) is 10.6 Å². The molecule has 1 amide bonds. The number of nitrogens with zero attached hydrogens (tertiary/aromatic N) is 1. The van der Waals surface area contributed by atoms with Crippen molar-refractivity contribution in [3.8, 4) is 11.5 Å². The third kappa shape index (κ3) is 2.65. The molecule has 2 aromatic rings. The largest absolute Gasteiger partial charge is 0.486 e. The highest BCUT2D eigenvalue weighted by molar-refractivity contribution is 8.01. The van der Waals surface area contributed by atoms with Crippen molar-refractivity contribution in [1.29, 1.82) is 0 Å². The molecule has 2 N–H and O–H groups in total. The Balaban J connectivity index is 1.75. The van der Waals surface area contributed by atoms with Crippen LogP contribution >= 0.6 is 11.9 Å². The van der Waals surface area contributed by atoms with Crippen molar-refractivity contribution in [2.45, 2.75) is 17.4 Å². The number of hydroxylamine groups is 1. The number of rotatable bonds is 3. The Morgan fingerprint density at radius 3 is 2.62 bits per heavy atom. The van der Waals surface area contributed by atoms with Crippen molar-refractivity contribution in [2.24, 2.45) is 0 Å². The second-order valence-electron chi connectivity index (χ2n) is 5.54. The Morgan fingerprint density at radius 2 is 1.92 bits per heavy atom. The van der Waals surface area contributed by atoms with Crippen LogP contribution in [0.1, 0.15) is 18.0 Å². The molecule has 1 unspecified atom stereocenters. The highest BCUT2D eigenvalue weighted by Gasteiger charge is 2.35. The van der Waals surface area contributed by atoms with Gasteiger partial charge in [-0.25, -0.2) is 5.48 Å². The highest BCUT2D eigenvalue weighted by atomic mass is 32.2. The molecule has 7 heteroatoms. The maximum atomic E-state index is 11.8. The first-order chi connectivity index (χ1) is 11.8. The van der Waals surface area contributed by atoms with Crippen molar-refractivity contribution >= 4 is 23.5 Å². The lowest BCUT2D eigenvalue weighted by Gasteiger charge is -2.25. The lowest BCUT2D eigenvalue weighted by Crippen LogP contribution is -2.26. The fraction of sp³-hybridized carbons (Fsp3) is 0.235. The van der Waals surface area contributed by atoms with E-state index in [1.165, 1.54) is 0 Å². The fourth-order valence-electron chi connectivity index (χ4n) is 2.94. The molecule has 24 heavy (non-hydrogen) atoms. The number of ether oxygens (including phenoxy) is 2. The molecule has 0 radical (unpaired) electrons. The van der Waals surface area contributed by atoms with Gasteiger partial charge in [0.1, 0.15) is 13.2 Å². The normalized spacial score (nSPS) is 18.2. The minimum Gasteiger partial charge on any atom is -0.486 e. The lowest BCUT2D eigenvalue weighted by molar-refractivity contribution is -0.129. The Kier molecular flexibility index (Phi) is 3.95. The van der Waals surface area contributed by atoms with Gasteiger partial charge in [-0.3, -0.25) is 10.0 Å². The number of anilines is 1. The number of amides is 1. The Bertz CT molecular complexity index is 769. The van der Waals surface area contributed by atoms with Crippen molar-refractivity contribution < 1.29 is 19.5 Å². The summed E-state index contributed by atoms with van der Waals surface area (Å²) in [5, 5.41) is 8.92. The third-order valence-corrected chi connectivity index (χ3v) is 5.24. The molecule has 0 aliphatic carbocycles. The lowest BCUT2D eigenvalue weighted by atomic mass is 10.0. The second-order valence-corrected chi connectivity index (χ2v) is 6.56. The zero-order valence-electron chi connectivity index (χ0n) is 12.8. The van der Waals surface area contributed by atoms with Gasteiger partial charge in [-0.2, -0.15) is 0 Å². The van der Waals surface area contributed by atoms with Crippen LogP contribution in [-0.2, 0) is 4.79 Å². The monoisotopic (exact) mass is 344 g/mol. The second kappa shape index (κ2) is 6.26. The Hall–Kier alpha value is -2.38. The molecular formula is C17H16N2O4S. The van der Waals surface area contributed by atoms with Crippen molar-refractivity contribution in [1.82, 2.24) is 5.48 Å². The minimum absolute atomic E-state index is 0.144. The molecular weight excluding hydrogens is 328 g/mol. The van der Waals surface area contributed by atoms with E-state index in [1.54, 1.807) is 17.4 Å². The summed E-state index contributed by atoms with van der Waals surface area (Å²) in [6.07, 6.45) is 0.144. The van der Waals surface area contributed by atoms with E-state index in [0.717, 1.165) is 21.9 Å². The van der Waals surface area contributed by atoms with Crippen LogP contribution in [0.15, 0.2) is 47.4 Å². The van der Waals surface area contributed by atoms with Crippen molar-refractivity contribution in [2.75, 3.05) is 17.5 Å². The summed E-state index contributed by atoms with van der Waals surface area (Å²) in [6.45, 7) is 1.05. The van der Waals surface area contributed by atoms with Gasteiger partial charge in [0.05, 0.1) is 12.5 Å². The van der Waals surface area contributed by atoms with Gasteiger partial charge in [0.25, 0.3) is 0 Å². The number of carbonyl (C=O) groups is 1. The van der Waals surface area contributed by atoms with Gasteiger partial charge in [0.15, 0.2) is 11.5 Å². The maximum Gasteiger partial charge on any atom is 0.245 e. The van der Waals surface area contributed by atoms with Gasteiger partial charge >= 0.3 is 0 Å². The summed E-state index contributed by atoms with van der Waals surface area (Å²) in [4.78, 5) is 12.8. The summed E-state index contributed by atoms with van der Waals surface area (Å²) in [5.41, 5.74) is 3.72. The topological polar surface area (TPSA) is 71.0 Å². The molecule has 1 atom stereocenters. The minimum atomic E-state index is -0.427. The molecule has 6 nitrogen and oxygen atoms in total. The zero-order valence-corrected chi connectivity index (χ0v) is 13.6. The van der Waals surface area contributed by atoms with Crippen LogP contribution in [0.3, 0.4) is 0 Å². The molecule has 0 saturated heterocycles. The van der Waals surface area contributed by atoms with Gasteiger partial charge in [-0.15, -0.1) is 0 Å². The molecule has 2 aliphatic rings. The predicted octanol–water partition coefficient (Wildman–Crippen LogP) is 2.92. The molecule has 0 aromatic heterocycles. The Morgan fingerprint density at radius 1 is 1.21 bits per heavy atom. The average molecular weight is 344 g/mol. The smallest absolute Gasteiger partial charge is 0.245 e. The summed E-state index contributed by atoms with van der Waals surface area (Å²) < 4.78 is 13.4. The molecule has 4 rings (SSSR count). The summed E-state index contributed by atoms with van der Waals surface area (Å²) in [7, 11) is 0. The molecule has 2 aromatic carbocycles. The van der Waals surface area contributed by atoms with Gasteiger partial charge in [-0.1, -0.05) is 18.2 Å². The predicted molar refractivity (Wildman–Crippen MR) is 89.5 cm³/mol. The number of fused-ring (bicyclic) bond motifs is 2. The molecule has 0 bridgehead atoms. The molecule has 0 fully saturated rings. The van der Waals surface area contributed by atoms with E-state index in [2.05, 4.69) is 4.31 Å². The van der Waals surface area contributed by atoms with E-state index >= 15 is 0 Å². The first-order valence-electron chi connectivity index (χ1n) is 7.65. The molecule has 2 heterocycles. The van der Waals surface area contributed by atoms with Crippen LogP contribution in [0, 0.1) is 0 Å². The number of nitrogens with one attached hydrogen (secondary N) is 1. The number of benzene rings is 2. The number of hydrogen-bond donors (Lipinski definition) is 2. The van der Waals surface area contributed by atoms with Crippen molar-refractivity contribution in [3.05, 3.63) is 48.0 Å². The van der Waals surface area contributed by atoms with E-state index in [4.69, 9.17) is 14.7 Å². The standard InChI is InChI=1S/C17H16N2O4S/c20-17(18-21)9-13-12-8-14-15(23-7-6-22-14)10-16(12)24-19(13)11-4-2-1-3-5-11/h1-5,8,10,13,21H,6-7,9H2,(H,18,20). The Labute approximate surface area is 143 Å². The summed E-state index contributed by atoms with van der Waals surface area (Å²) in [6, 6.07) is 13.6. The van der Waals surface area contributed by atoms with Crippen molar-refractivity contribution in [3.63, 3.8) is 0 Å². The van der Waals surface area contributed by atoms with Crippen LogP contribution in [0.25, 0.3) is 0 Å². The van der Waals surface area contributed by atoms with Crippen LogP contribution < -0.4 is 19.3 Å². The first-order valence-corrected chi connectivity index (χ1v) is 8.42. The van der Waals surface area contributed by atoms with Crippen LogP contribution in [0.2, 0.25) is 0 Å². The zero-order chi connectivity index (χ0) is 16.5. The van der Waals surface area contributed by atoms with Crippen LogP contribution in [0.4, 0.5) is 5.69 Å². The molecule has 2 aliphatic heterocycles. The van der Waals surface area contributed by atoms with E-state index in [-0.39, 0.29) is 12.5 Å². The van der Waals surface area contributed by atoms with Crippen LogP contribution in [0.5, 0.6) is 11.5 Å². The quantitative estimate of drug-likeness (QED) is 0.507. The van der Waals surface area contributed by atoms with E-state index in [0.29, 0.717) is 19.0 Å². The first kappa shape index (κ1) is 15.2. The highest BCUT2D eigenvalue weighted by Crippen LogP contribution is 2.51. The SMILES string of the molecule is O=C(CC1c2cc3c(cc2SN1c1ccccc1)OCCO3)NO. The van der Waals surface area contributed by atoms with Crippen LogP contribution in [-0.4, -0.2) is 24.3 Å². The van der Waals surface area contributed by atoms with Gasteiger partial charge in [-0.05, 0) is 41.8 Å². The number of hydrogen-bond acceptors (Lipinski definition) is 6. The third-order valence-electron chi connectivity index (χ3n) is 4.03. The summed E-state index contributed by atoms with van der Waals surface area (Å²) in [5.74, 6) is 1.00. The van der Waals surface area contributed by atoms with E-state index < -0.39 is 5.91 Å². The number of carbonyl (C=O) groups excluding carboxylic acids is 1. The van der Waals surface area contributed by atoms with E-state index in [1.807, 2.05) is 42.5 Å². The number of para-hydroxylation sites is 1. The molecule has 0 spiro atoms. The van der Waals surface area contributed by atoms with Gasteiger partial charge < -0.3 is 13.8 Å². The summed E-state index contributed by atoms with van der Waals surface area (Å²) >= 11 is 1.56. The maximum absolute atomic E-state index is 11.8.